The largest absolute Gasteiger partial charge is 0.369 e. The van der Waals surface area contributed by atoms with Gasteiger partial charge in [0, 0.05) is 37.4 Å². The summed E-state index contributed by atoms with van der Waals surface area (Å²) in [5.41, 5.74) is 9.08. The van der Waals surface area contributed by atoms with Gasteiger partial charge in [-0.3, -0.25) is 14.7 Å². The number of pyridine rings is 1. The van der Waals surface area contributed by atoms with Crippen molar-refractivity contribution in [3.63, 3.8) is 0 Å². The van der Waals surface area contributed by atoms with Gasteiger partial charge in [-0.05, 0) is 24.6 Å². The van der Waals surface area contributed by atoms with Gasteiger partial charge in [-0.1, -0.05) is 35.9 Å². The number of aryl methyl sites for hydroxylation is 1. The molecular weight excluding hydrogens is 274 g/mol. The molecule has 1 aromatic heterocycles. The van der Waals surface area contributed by atoms with E-state index in [1.165, 1.54) is 11.1 Å². The van der Waals surface area contributed by atoms with Gasteiger partial charge in [-0.25, -0.2) is 0 Å². The lowest BCUT2D eigenvalue weighted by Gasteiger charge is -2.16. The molecule has 0 aliphatic carbocycles. The zero-order valence-electron chi connectivity index (χ0n) is 12.8. The van der Waals surface area contributed by atoms with Crippen molar-refractivity contribution in [2.75, 3.05) is 13.1 Å². The van der Waals surface area contributed by atoms with Gasteiger partial charge in [0.05, 0.1) is 5.92 Å². The van der Waals surface area contributed by atoms with Gasteiger partial charge < -0.3 is 5.73 Å². The van der Waals surface area contributed by atoms with E-state index in [1.54, 1.807) is 6.20 Å². The summed E-state index contributed by atoms with van der Waals surface area (Å²) in [6.45, 7) is 4.44. The van der Waals surface area contributed by atoms with Crippen LogP contribution in [-0.4, -0.2) is 28.9 Å². The summed E-state index contributed by atoms with van der Waals surface area (Å²) in [5, 5.41) is 0. The molecule has 0 unspecified atom stereocenters. The molecule has 1 fully saturated rings. The highest BCUT2D eigenvalue weighted by molar-refractivity contribution is 5.78. The minimum absolute atomic E-state index is 0.0872. The van der Waals surface area contributed by atoms with Crippen molar-refractivity contribution < 1.29 is 4.79 Å². The number of aromatic nitrogens is 1. The first-order valence-corrected chi connectivity index (χ1v) is 7.61. The SMILES string of the molecule is Cc1ccc(CN2C[C@@H](C(N)=O)[C@H](c3ccccn3)C2)cc1. The Morgan fingerprint density at radius 3 is 2.64 bits per heavy atom. The number of carbonyl (C=O) groups is 1. The molecule has 22 heavy (non-hydrogen) atoms. The Kier molecular flexibility index (Phi) is 4.20. The standard InChI is InChI=1S/C18H21N3O/c1-13-5-7-14(8-6-13)10-21-11-15(16(12-21)18(19)22)17-4-2-3-9-20-17/h2-9,15-16H,10-12H2,1H3,(H2,19,22)/t15-,16-/m1/s1. The van der Waals surface area contributed by atoms with Crippen LogP contribution in [0, 0.1) is 12.8 Å². The van der Waals surface area contributed by atoms with Crippen LogP contribution in [-0.2, 0) is 11.3 Å². The molecule has 0 saturated carbocycles. The van der Waals surface area contributed by atoms with Crippen LogP contribution in [0.15, 0.2) is 48.7 Å². The van der Waals surface area contributed by atoms with E-state index in [4.69, 9.17) is 5.73 Å². The molecule has 0 bridgehead atoms. The maximum atomic E-state index is 11.8. The fourth-order valence-electron chi connectivity index (χ4n) is 3.15. The molecule has 0 spiro atoms. The third-order valence-corrected chi connectivity index (χ3v) is 4.36. The van der Waals surface area contributed by atoms with Crippen molar-refractivity contribution in [2.45, 2.75) is 19.4 Å². The Hall–Kier alpha value is -2.20. The van der Waals surface area contributed by atoms with E-state index in [1.807, 2.05) is 18.2 Å². The lowest BCUT2D eigenvalue weighted by Crippen LogP contribution is -2.29. The Balaban J connectivity index is 1.76. The van der Waals surface area contributed by atoms with Crippen molar-refractivity contribution in [1.82, 2.24) is 9.88 Å². The van der Waals surface area contributed by atoms with Gasteiger partial charge in [-0.2, -0.15) is 0 Å². The Bertz CT molecular complexity index is 639. The molecule has 4 nitrogen and oxygen atoms in total. The molecule has 1 aromatic carbocycles. The van der Waals surface area contributed by atoms with Crippen LogP contribution < -0.4 is 5.73 Å². The van der Waals surface area contributed by atoms with E-state index in [0.29, 0.717) is 6.54 Å². The van der Waals surface area contributed by atoms with Crippen molar-refractivity contribution in [3.05, 3.63) is 65.5 Å². The van der Waals surface area contributed by atoms with Crippen molar-refractivity contribution >= 4 is 5.91 Å². The zero-order chi connectivity index (χ0) is 15.5. The van der Waals surface area contributed by atoms with Gasteiger partial charge in [-0.15, -0.1) is 0 Å². The highest BCUT2D eigenvalue weighted by Gasteiger charge is 2.37. The summed E-state index contributed by atoms with van der Waals surface area (Å²) in [7, 11) is 0. The second kappa shape index (κ2) is 6.28. The molecule has 1 aliphatic rings. The molecule has 0 radical (unpaired) electrons. The summed E-state index contributed by atoms with van der Waals surface area (Å²) in [4.78, 5) is 18.5. The average Bonchev–Trinajstić information content (AvgIpc) is 2.95. The van der Waals surface area contributed by atoms with E-state index >= 15 is 0 Å². The smallest absolute Gasteiger partial charge is 0.222 e. The van der Waals surface area contributed by atoms with Crippen LogP contribution in [0.3, 0.4) is 0 Å². The van der Waals surface area contributed by atoms with Crippen LogP contribution >= 0.6 is 0 Å². The average molecular weight is 295 g/mol. The molecule has 3 rings (SSSR count). The van der Waals surface area contributed by atoms with Crippen LogP contribution in [0.25, 0.3) is 0 Å². The molecular formula is C18H21N3O. The Labute approximate surface area is 131 Å². The second-order valence-corrected chi connectivity index (χ2v) is 6.05. The molecule has 2 atom stereocenters. The number of likely N-dealkylation sites (tertiary alicyclic amines) is 1. The first-order chi connectivity index (χ1) is 10.6. The number of primary amides is 1. The normalized spacial score (nSPS) is 21.9. The third kappa shape index (κ3) is 3.17. The number of amides is 1. The topological polar surface area (TPSA) is 59.2 Å². The lowest BCUT2D eigenvalue weighted by atomic mass is 9.92. The van der Waals surface area contributed by atoms with Crippen LogP contribution in [0.4, 0.5) is 0 Å². The summed E-state index contributed by atoms with van der Waals surface area (Å²) < 4.78 is 0. The monoisotopic (exact) mass is 295 g/mol. The van der Waals surface area contributed by atoms with Crippen LogP contribution in [0.5, 0.6) is 0 Å². The van der Waals surface area contributed by atoms with Crippen LogP contribution in [0.1, 0.15) is 22.7 Å². The summed E-state index contributed by atoms with van der Waals surface area (Å²) in [6, 6.07) is 14.4. The van der Waals surface area contributed by atoms with Gasteiger partial charge in [0.2, 0.25) is 5.91 Å². The van der Waals surface area contributed by atoms with E-state index in [9.17, 15) is 4.79 Å². The number of hydrogen-bond donors (Lipinski definition) is 1. The zero-order valence-corrected chi connectivity index (χ0v) is 12.8. The van der Waals surface area contributed by atoms with E-state index < -0.39 is 0 Å². The molecule has 114 valence electrons. The number of rotatable bonds is 4. The summed E-state index contributed by atoms with van der Waals surface area (Å²) >= 11 is 0. The quantitative estimate of drug-likeness (QED) is 0.939. The highest BCUT2D eigenvalue weighted by atomic mass is 16.1. The fourth-order valence-corrected chi connectivity index (χ4v) is 3.15. The number of hydrogen-bond acceptors (Lipinski definition) is 3. The van der Waals surface area contributed by atoms with Crippen molar-refractivity contribution in [1.29, 1.82) is 0 Å². The highest BCUT2D eigenvalue weighted by Crippen LogP contribution is 2.32. The van der Waals surface area contributed by atoms with Gasteiger partial charge in [0.1, 0.15) is 0 Å². The van der Waals surface area contributed by atoms with Gasteiger partial charge in [0.25, 0.3) is 0 Å². The van der Waals surface area contributed by atoms with E-state index in [0.717, 1.165) is 18.8 Å². The van der Waals surface area contributed by atoms with Gasteiger partial charge >= 0.3 is 0 Å². The number of nitrogens with zero attached hydrogens (tertiary/aromatic N) is 2. The van der Waals surface area contributed by atoms with Gasteiger partial charge in [0.15, 0.2) is 0 Å². The first-order valence-electron chi connectivity index (χ1n) is 7.61. The van der Waals surface area contributed by atoms with Crippen molar-refractivity contribution in [3.8, 4) is 0 Å². The predicted octanol–water partition coefficient (Wildman–Crippen LogP) is 2.09. The molecule has 1 aliphatic heterocycles. The molecule has 2 heterocycles. The molecule has 2 N–H and O–H groups in total. The van der Waals surface area contributed by atoms with E-state index in [2.05, 4.69) is 41.1 Å². The maximum absolute atomic E-state index is 11.8. The lowest BCUT2D eigenvalue weighted by molar-refractivity contribution is -0.121. The number of benzene rings is 1. The van der Waals surface area contributed by atoms with Crippen LogP contribution in [0.2, 0.25) is 0 Å². The van der Waals surface area contributed by atoms with Crippen molar-refractivity contribution in [2.24, 2.45) is 11.7 Å². The minimum atomic E-state index is -0.234. The molecule has 1 saturated heterocycles. The summed E-state index contributed by atoms with van der Waals surface area (Å²) in [6.07, 6.45) is 1.77. The number of carbonyl (C=O) groups excluding carboxylic acids is 1. The Morgan fingerprint density at radius 2 is 2.00 bits per heavy atom. The second-order valence-electron chi connectivity index (χ2n) is 6.05. The Morgan fingerprint density at radius 1 is 1.23 bits per heavy atom. The first kappa shape index (κ1) is 14.7. The summed E-state index contributed by atoms with van der Waals surface area (Å²) in [5.74, 6) is -0.313. The molecule has 4 heteroatoms. The fraction of sp³-hybridized carbons (Fsp3) is 0.333. The third-order valence-electron chi connectivity index (χ3n) is 4.36. The van der Waals surface area contributed by atoms with E-state index in [-0.39, 0.29) is 17.7 Å². The number of nitrogens with two attached hydrogens (primary N) is 1. The molecule has 1 amide bonds. The predicted molar refractivity (Wildman–Crippen MR) is 86.1 cm³/mol. The minimum Gasteiger partial charge on any atom is -0.369 e. The molecule has 2 aromatic rings. The maximum Gasteiger partial charge on any atom is 0.222 e.